The zero-order chi connectivity index (χ0) is 51.1. The lowest BCUT2D eigenvalue weighted by Gasteiger charge is -2.34. The normalized spacial score (nSPS) is 11.8. The second kappa shape index (κ2) is 18.8. The highest BCUT2D eigenvalue weighted by atomic mass is 16.5. The first-order valence-corrected chi connectivity index (χ1v) is 24.5. The van der Waals surface area contributed by atoms with E-state index in [4.69, 9.17) is 31.0 Å². The molecule has 1 aromatic heterocycles. The quantitative estimate of drug-likeness (QED) is 0.137. The van der Waals surface area contributed by atoms with Crippen LogP contribution in [-0.2, 0) is 0 Å². The second-order valence-corrected chi connectivity index (χ2v) is 18.1. The lowest BCUT2D eigenvalue weighted by atomic mass is 9.98. The third kappa shape index (κ3) is 8.06. The number of anilines is 6. The maximum atomic E-state index is 9.86. The van der Waals surface area contributed by atoms with E-state index in [0.29, 0.717) is 68.4 Å². The number of nitriles is 2. The Morgan fingerprint density at radius 3 is 1.21 bits per heavy atom. The van der Waals surface area contributed by atoms with Crippen LogP contribution in [0.3, 0.4) is 0 Å². The van der Waals surface area contributed by atoms with Crippen molar-refractivity contribution in [2.45, 2.75) is 0 Å². The van der Waals surface area contributed by atoms with Crippen molar-refractivity contribution in [3.63, 3.8) is 0 Å². The Morgan fingerprint density at radius 1 is 0.342 bits per heavy atom. The number of nitrogens with zero attached hydrogens (tertiary/aromatic N) is 8. The number of rotatable bonds is 8. The highest BCUT2D eigenvalue weighted by Crippen LogP contribution is 2.55. The minimum atomic E-state index is 0.409. The maximum Gasteiger partial charge on any atom is 0.187 e. The first kappa shape index (κ1) is 44.8. The summed E-state index contributed by atoms with van der Waals surface area (Å²) in [5.74, 6) is 3.99. The number of hydrogen-bond donors (Lipinski definition) is 0. The Bertz CT molecular complexity index is 3940. The van der Waals surface area contributed by atoms with Gasteiger partial charge in [-0.2, -0.15) is 10.5 Å². The number of fused-ring (bicyclic) bond motifs is 4. The van der Waals surface area contributed by atoms with Crippen molar-refractivity contribution in [1.29, 1.82) is 10.5 Å². The van der Waals surface area contributed by atoms with Crippen molar-refractivity contribution in [1.82, 2.24) is 15.0 Å². The smallest absolute Gasteiger partial charge is 0.187 e. The van der Waals surface area contributed by atoms with Crippen LogP contribution in [0, 0.1) is 29.2 Å². The summed E-state index contributed by atoms with van der Waals surface area (Å²) in [7, 11) is 0. The van der Waals surface area contributed by atoms with Gasteiger partial charge in [0.15, 0.2) is 46.2 Å². The fourth-order valence-corrected chi connectivity index (χ4v) is 9.92. The van der Waals surface area contributed by atoms with Crippen LogP contribution in [0.15, 0.2) is 231 Å². The van der Waals surface area contributed by atoms with Gasteiger partial charge in [-0.15, -0.1) is 0 Å². The molecule has 11 aromatic rings. The molecule has 0 aliphatic carbocycles. The molecule has 0 N–H and O–H groups in total. The van der Waals surface area contributed by atoms with Crippen molar-refractivity contribution in [2.24, 2.45) is 0 Å². The molecular weight excluding hydrogens is 937 g/mol. The van der Waals surface area contributed by atoms with Gasteiger partial charge in [0.25, 0.3) is 0 Å². The standard InChI is InChI=1S/C66H38N8O2/c1-69-51-32-28-45(29-33-51)49-31-35-53(59(39-49)74-56-18-4-8-22-62(56)76-63-23-9-5-19-57(63)74)66-71-64(50-15-11-14-47(37-50)46-13-10-12-43(36-46)41-68)70-65(72-66)52-34-30-48(44-26-24-42(40-67)25-27-44)38-58(52)73-54-16-2-6-20-60(54)75-61-21-7-3-17-55(61)73/h2-39H. The summed E-state index contributed by atoms with van der Waals surface area (Å²) in [5.41, 5.74) is 14.2. The number of para-hydroxylation sites is 8. The number of aromatic nitrogens is 3. The maximum absolute atomic E-state index is 9.86. The fourth-order valence-electron chi connectivity index (χ4n) is 9.92. The molecule has 0 saturated carbocycles. The SMILES string of the molecule is [C-]#[N+]c1ccc(-c2ccc(-c3nc(-c4cccc(-c5cccc(C#N)c5)c4)nc(-c4ccc(-c5ccc(C#N)cc5)cc4N4c5ccccc5Oc5ccccc54)n3)c(N3c4ccccc4Oc4ccccc43)c2)cc1. The summed E-state index contributed by atoms with van der Waals surface area (Å²) in [6.07, 6.45) is 0. The molecule has 2 aliphatic heterocycles. The minimum absolute atomic E-state index is 0.409. The van der Waals surface area contributed by atoms with Gasteiger partial charge in [-0.1, -0.05) is 127 Å². The Morgan fingerprint density at radius 2 is 0.737 bits per heavy atom. The molecule has 0 fully saturated rings. The van der Waals surface area contributed by atoms with E-state index in [1.807, 2.05) is 188 Å². The van der Waals surface area contributed by atoms with Gasteiger partial charge in [-0.25, -0.2) is 19.8 Å². The van der Waals surface area contributed by atoms with Crippen LogP contribution in [-0.4, -0.2) is 15.0 Å². The molecule has 0 atom stereocenters. The van der Waals surface area contributed by atoms with Crippen LogP contribution in [0.2, 0.25) is 0 Å². The number of hydrogen-bond acceptors (Lipinski definition) is 9. The van der Waals surface area contributed by atoms with E-state index in [1.165, 1.54) is 0 Å². The fraction of sp³-hybridized carbons (Fsp3) is 0. The van der Waals surface area contributed by atoms with Gasteiger partial charge in [-0.3, -0.25) is 0 Å². The van der Waals surface area contributed by atoms with Crippen LogP contribution in [0.4, 0.5) is 39.8 Å². The molecule has 76 heavy (non-hydrogen) atoms. The molecule has 0 spiro atoms. The number of benzene rings is 10. The number of ether oxygens (including phenoxy) is 2. The molecule has 2 aliphatic rings. The van der Waals surface area contributed by atoms with Crippen LogP contribution >= 0.6 is 0 Å². The van der Waals surface area contributed by atoms with E-state index in [-0.39, 0.29) is 0 Å². The second-order valence-electron chi connectivity index (χ2n) is 18.1. The molecule has 0 bridgehead atoms. The van der Waals surface area contributed by atoms with E-state index < -0.39 is 0 Å². The molecule has 0 radical (unpaired) electrons. The largest absolute Gasteiger partial charge is 0.453 e. The average Bonchev–Trinajstić information content (AvgIpc) is 3.54. The molecule has 0 unspecified atom stereocenters. The average molecular weight is 975 g/mol. The highest BCUT2D eigenvalue weighted by Gasteiger charge is 2.31. The van der Waals surface area contributed by atoms with Gasteiger partial charge in [0.2, 0.25) is 0 Å². The molecular formula is C66H38N8O2. The van der Waals surface area contributed by atoms with Crippen molar-refractivity contribution >= 4 is 39.8 Å². The first-order chi connectivity index (χ1) is 37.5. The van der Waals surface area contributed by atoms with Gasteiger partial charge in [0, 0.05) is 16.7 Å². The summed E-state index contributed by atoms with van der Waals surface area (Å²) < 4.78 is 13.1. The molecule has 3 heterocycles. The lowest BCUT2D eigenvalue weighted by molar-refractivity contribution is 0.477. The Labute approximate surface area is 438 Å². The summed E-state index contributed by atoms with van der Waals surface area (Å²) in [5, 5.41) is 19.6. The van der Waals surface area contributed by atoms with Crippen LogP contribution in [0.1, 0.15) is 11.1 Å². The summed E-state index contributed by atoms with van der Waals surface area (Å²) in [6, 6.07) is 79.7. The van der Waals surface area contributed by atoms with Crippen LogP contribution < -0.4 is 19.3 Å². The van der Waals surface area contributed by atoms with E-state index in [1.54, 1.807) is 6.07 Å². The van der Waals surface area contributed by atoms with Gasteiger partial charge in [0.1, 0.15) is 0 Å². The molecule has 10 heteroatoms. The Kier molecular flexibility index (Phi) is 11.1. The lowest BCUT2D eigenvalue weighted by Crippen LogP contribution is -2.17. The van der Waals surface area contributed by atoms with E-state index in [2.05, 4.69) is 63.2 Å². The first-order valence-electron chi connectivity index (χ1n) is 24.5. The summed E-state index contributed by atoms with van der Waals surface area (Å²) in [4.78, 5) is 24.5. The molecule has 0 saturated heterocycles. The zero-order valence-electron chi connectivity index (χ0n) is 40.3. The predicted octanol–water partition coefficient (Wildman–Crippen LogP) is 17.3. The predicted molar refractivity (Wildman–Crippen MR) is 298 cm³/mol. The van der Waals surface area contributed by atoms with E-state index in [9.17, 15) is 10.5 Å². The summed E-state index contributed by atoms with van der Waals surface area (Å²) in [6.45, 7) is 7.64. The Balaban J connectivity index is 1.09. The topological polar surface area (TPSA) is 116 Å². The van der Waals surface area contributed by atoms with Crippen molar-refractivity contribution in [2.75, 3.05) is 9.80 Å². The van der Waals surface area contributed by atoms with Gasteiger partial charge in [-0.05, 0) is 137 Å². The minimum Gasteiger partial charge on any atom is -0.453 e. The van der Waals surface area contributed by atoms with Crippen molar-refractivity contribution < 1.29 is 9.47 Å². The Hall–Kier alpha value is -11.1. The van der Waals surface area contributed by atoms with Crippen molar-refractivity contribution in [3.8, 4) is 103 Å². The third-order valence-electron chi connectivity index (χ3n) is 13.6. The van der Waals surface area contributed by atoms with Crippen molar-refractivity contribution in [3.05, 3.63) is 253 Å². The summed E-state index contributed by atoms with van der Waals surface area (Å²) >= 11 is 0. The van der Waals surface area contributed by atoms with Gasteiger partial charge < -0.3 is 19.3 Å². The molecule has 10 aromatic carbocycles. The molecule has 10 nitrogen and oxygen atoms in total. The molecule has 13 rings (SSSR count). The molecule has 354 valence electrons. The monoisotopic (exact) mass is 974 g/mol. The molecule has 0 amide bonds. The third-order valence-corrected chi connectivity index (χ3v) is 13.6. The van der Waals surface area contributed by atoms with Gasteiger partial charge >= 0.3 is 0 Å². The van der Waals surface area contributed by atoms with E-state index >= 15 is 0 Å². The van der Waals surface area contributed by atoms with Gasteiger partial charge in [0.05, 0.1) is 64.0 Å². The zero-order valence-corrected chi connectivity index (χ0v) is 40.3. The van der Waals surface area contributed by atoms with E-state index in [0.717, 1.165) is 73.1 Å². The highest BCUT2D eigenvalue weighted by molar-refractivity contribution is 5.96. The van der Waals surface area contributed by atoms with Crippen LogP contribution in [0.25, 0.3) is 72.4 Å². The van der Waals surface area contributed by atoms with Crippen LogP contribution in [0.5, 0.6) is 23.0 Å².